The fourth-order valence-corrected chi connectivity index (χ4v) is 7.06. The zero-order valence-corrected chi connectivity index (χ0v) is 23.3. The first-order valence-electron chi connectivity index (χ1n) is 14.4. The fourth-order valence-electron chi connectivity index (χ4n) is 7.06. The van der Waals surface area contributed by atoms with E-state index in [1.54, 1.807) is 0 Å². The largest absolute Gasteiger partial charge is 0.456 e. The lowest BCUT2D eigenvalue weighted by molar-refractivity contribution is 0.666. The van der Waals surface area contributed by atoms with E-state index in [2.05, 4.69) is 111 Å². The molecule has 2 aromatic heterocycles. The zero-order chi connectivity index (χ0) is 28.0. The third-order valence-electron chi connectivity index (χ3n) is 9.05. The Balaban J connectivity index is 1.23. The SMILES string of the molecule is CC1(C)c2ccccc2-c2ccc3cc(-c4nc(-c5ccc6c(c5)oc5ccccc56)nc5ccccc45)ccc3c21. The van der Waals surface area contributed by atoms with Gasteiger partial charge in [0.2, 0.25) is 0 Å². The van der Waals surface area contributed by atoms with Gasteiger partial charge in [0.1, 0.15) is 11.2 Å². The van der Waals surface area contributed by atoms with Crippen LogP contribution < -0.4 is 0 Å². The van der Waals surface area contributed by atoms with E-state index in [-0.39, 0.29) is 5.41 Å². The molecule has 0 radical (unpaired) electrons. The summed E-state index contributed by atoms with van der Waals surface area (Å²) in [5, 5.41) is 5.78. The number of furan rings is 1. The van der Waals surface area contributed by atoms with E-state index in [4.69, 9.17) is 14.4 Å². The van der Waals surface area contributed by atoms with E-state index in [0.29, 0.717) is 5.82 Å². The molecule has 0 unspecified atom stereocenters. The van der Waals surface area contributed by atoms with Gasteiger partial charge >= 0.3 is 0 Å². The summed E-state index contributed by atoms with van der Waals surface area (Å²) in [5.74, 6) is 0.691. The van der Waals surface area contributed by atoms with Gasteiger partial charge < -0.3 is 4.42 Å². The smallest absolute Gasteiger partial charge is 0.160 e. The lowest BCUT2D eigenvalue weighted by Gasteiger charge is -2.23. The second kappa shape index (κ2) is 8.37. The molecule has 0 bridgehead atoms. The van der Waals surface area contributed by atoms with E-state index in [0.717, 1.165) is 49.7 Å². The molecule has 1 aliphatic rings. The molecule has 0 fully saturated rings. The summed E-state index contributed by atoms with van der Waals surface area (Å²) in [6, 6.07) is 42.9. The summed E-state index contributed by atoms with van der Waals surface area (Å²) in [6.07, 6.45) is 0. The molecule has 2 heterocycles. The first-order chi connectivity index (χ1) is 20.6. The van der Waals surface area contributed by atoms with E-state index >= 15 is 0 Å². The van der Waals surface area contributed by atoms with E-state index in [1.807, 2.05) is 24.3 Å². The minimum atomic E-state index is -0.0585. The van der Waals surface area contributed by atoms with Crippen LogP contribution in [-0.4, -0.2) is 9.97 Å². The summed E-state index contributed by atoms with van der Waals surface area (Å²) in [7, 11) is 0. The number of nitrogens with zero attached hydrogens (tertiary/aromatic N) is 2. The quantitative estimate of drug-likeness (QED) is 0.220. The van der Waals surface area contributed by atoms with Gasteiger partial charge in [-0.3, -0.25) is 0 Å². The van der Waals surface area contributed by atoms with Gasteiger partial charge in [0.15, 0.2) is 5.82 Å². The number of fused-ring (bicyclic) bond motifs is 9. The van der Waals surface area contributed by atoms with Crippen LogP contribution in [-0.2, 0) is 5.41 Å². The zero-order valence-electron chi connectivity index (χ0n) is 23.3. The normalized spacial score (nSPS) is 13.7. The van der Waals surface area contributed by atoms with Gasteiger partial charge in [0.25, 0.3) is 0 Å². The molecule has 198 valence electrons. The van der Waals surface area contributed by atoms with Crippen LogP contribution in [0, 0.1) is 0 Å². The molecule has 0 saturated heterocycles. The van der Waals surface area contributed by atoms with Crippen molar-refractivity contribution in [2.45, 2.75) is 19.3 Å². The summed E-state index contributed by atoms with van der Waals surface area (Å²) in [6.45, 7) is 4.68. The van der Waals surface area contributed by atoms with Crippen LogP contribution in [0.4, 0.5) is 0 Å². The summed E-state index contributed by atoms with van der Waals surface area (Å²) in [4.78, 5) is 10.2. The molecule has 42 heavy (non-hydrogen) atoms. The molecule has 8 aromatic rings. The van der Waals surface area contributed by atoms with Gasteiger partial charge in [-0.15, -0.1) is 0 Å². The number of hydrogen-bond acceptors (Lipinski definition) is 3. The summed E-state index contributed by atoms with van der Waals surface area (Å²) >= 11 is 0. The highest BCUT2D eigenvalue weighted by Crippen LogP contribution is 2.51. The number of aromatic nitrogens is 2. The van der Waals surface area contributed by atoms with Gasteiger partial charge in [-0.05, 0) is 63.4 Å². The van der Waals surface area contributed by atoms with Crippen LogP contribution >= 0.6 is 0 Å². The predicted octanol–water partition coefficient (Wildman–Crippen LogP) is 10.3. The predicted molar refractivity (Wildman–Crippen MR) is 173 cm³/mol. The molecule has 3 nitrogen and oxygen atoms in total. The van der Waals surface area contributed by atoms with Gasteiger partial charge in [-0.1, -0.05) is 105 Å². The fraction of sp³-hybridized carbons (Fsp3) is 0.0769. The van der Waals surface area contributed by atoms with Crippen molar-refractivity contribution in [2.75, 3.05) is 0 Å². The van der Waals surface area contributed by atoms with Crippen LogP contribution in [0.3, 0.4) is 0 Å². The van der Waals surface area contributed by atoms with Crippen molar-refractivity contribution in [3.05, 3.63) is 132 Å². The maximum Gasteiger partial charge on any atom is 0.160 e. The van der Waals surface area contributed by atoms with Crippen LogP contribution in [0.1, 0.15) is 25.0 Å². The third kappa shape index (κ3) is 3.22. The van der Waals surface area contributed by atoms with Crippen molar-refractivity contribution in [1.29, 1.82) is 0 Å². The Hall–Kier alpha value is -5.28. The highest BCUT2D eigenvalue weighted by Gasteiger charge is 2.36. The van der Waals surface area contributed by atoms with Crippen molar-refractivity contribution in [1.82, 2.24) is 9.97 Å². The first kappa shape index (κ1) is 23.4. The number of para-hydroxylation sites is 2. The topological polar surface area (TPSA) is 38.9 Å². The molecule has 9 rings (SSSR count). The van der Waals surface area contributed by atoms with Gasteiger partial charge in [-0.2, -0.15) is 0 Å². The molecule has 3 heteroatoms. The highest BCUT2D eigenvalue weighted by molar-refractivity contribution is 6.06. The molecular weight excluding hydrogens is 512 g/mol. The Labute approximate surface area is 243 Å². The molecule has 6 aromatic carbocycles. The Bertz CT molecular complexity index is 2400. The third-order valence-corrected chi connectivity index (χ3v) is 9.05. The van der Waals surface area contributed by atoms with E-state index in [1.165, 1.54) is 33.0 Å². The van der Waals surface area contributed by atoms with Crippen LogP contribution in [0.25, 0.3) is 77.4 Å². The van der Waals surface area contributed by atoms with Crippen molar-refractivity contribution in [2.24, 2.45) is 0 Å². The molecule has 1 aliphatic carbocycles. The molecule has 0 atom stereocenters. The Morgan fingerprint density at radius 3 is 2.21 bits per heavy atom. The van der Waals surface area contributed by atoms with Crippen molar-refractivity contribution in [3.63, 3.8) is 0 Å². The minimum Gasteiger partial charge on any atom is -0.456 e. The summed E-state index contributed by atoms with van der Waals surface area (Å²) in [5.41, 5.74) is 11.0. The highest BCUT2D eigenvalue weighted by atomic mass is 16.3. The monoisotopic (exact) mass is 538 g/mol. The average Bonchev–Trinajstić information content (AvgIpc) is 3.52. The average molecular weight is 539 g/mol. The molecule has 0 saturated carbocycles. The van der Waals surface area contributed by atoms with E-state index in [9.17, 15) is 0 Å². The molecule has 0 spiro atoms. The van der Waals surface area contributed by atoms with Crippen molar-refractivity contribution < 1.29 is 4.42 Å². The molecule has 0 aliphatic heterocycles. The second-order valence-electron chi connectivity index (χ2n) is 11.8. The Morgan fingerprint density at radius 1 is 0.548 bits per heavy atom. The maximum absolute atomic E-state index is 6.19. The van der Waals surface area contributed by atoms with Crippen LogP contribution in [0.15, 0.2) is 126 Å². The maximum atomic E-state index is 6.19. The lowest BCUT2D eigenvalue weighted by atomic mass is 9.80. The second-order valence-corrected chi connectivity index (χ2v) is 11.8. The Kier molecular flexibility index (Phi) is 4.67. The summed E-state index contributed by atoms with van der Waals surface area (Å²) < 4.78 is 6.19. The number of benzene rings is 6. The van der Waals surface area contributed by atoms with Crippen molar-refractivity contribution >= 4 is 43.6 Å². The van der Waals surface area contributed by atoms with Gasteiger partial charge in [-0.25, -0.2) is 9.97 Å². The van der Waals surface area contributed by atoms with Crippen LogP contribution in [0.2, 0.25) is 0 Å². The lowest BCUT2D eigenvalue weighted by Crippen LogP contribution is -2.15. The number of rotatable bonds is 2. The van der Waals surface area contributed by atoms with Crippen molar-refractivity contribution in [3.8, 4) is 33.8 Å². The van der Waals surface area contributed by atoms with E-state index < -0.39 is 0 Å². The van der Waals surface area contributed by atoms with Gasteiger partial charge in [0, 0.05) is 32.7 Å². The molecule has 0 N–H and O–H groups in total. The Morgan fingerprint density at radius 2 is 1.29 bits per heavy atom. The minimum absolute atomic E-state index is 0.0585. The van der Waals surface area contributed by atoms with Crippen LogP contribution in [0.5, 0.6) is 0 Å². The standard InChI is InChI=1S/C39H26N2O/c1-39(2)32-12-6-3-9-27(32)30-20-15-23-21-24(16-18-26(23)36(30)39)37-31-11-4-7-13-33(31)40-38(41-37)25-17-19-29-28-10-5-8-14-34(28)42-35(29)22-25/h3-22H,1-2H3. The van der Waals surface area contributed by atoms with Gasteiger partial charge in [0.05, 0.1) is 11.2 Å². The first-order valence-corrected chi connectivity index (χ1v) is 14.4. The number of hydrogen-bond donors (Lipinski definition) is 0. The molecular formula is C39H26N2O. The molecule has 0 amide bonds.